The zero-order valence-electron chi connectivity index (χ0n) is 10.6. The topological polar surface area (TPSA) is 26.3 Å². The van der Waals surface area contributed by atoms with Gasteiger partial charge in [0.15, 0.2) is 0 Å². The molecule has 15 heavy (non-hydrogen) atoms. The van der Waals surface area contributed by atoms with Crippen molar-refractivity contribution in [1.82, 2.24) is 0 Å². The van der Waals surface area contributed by atoms with Crippen molar-refractivity contribution < 1.29 is 9.53 Å². The summed E-state index contributed by atoms with van der Waals surface area (Å²) in [6.07, 6.45) is 8.69. The van der Waals surface area contributed by atoms with Crippen molar-refractivity contribution >= 4 is 5.97 Å². The third kappa shape index (κ3) is 19.6. The quantitative estimate of drug-likeness (QED) is 0.362. The first-order valence-electron chi connectivity index (χ1n) is 6.02. The van der Waals surface area contributed by atoms with Crippen LogP contribution in [0.15, 0.2) is 12.7 Å². The van der Waals surface area contributed by atoms with Crippen LogP contribution in [0.4, 0.5) is 0 Å². The highest BCUT2D eigenvalue weighted by molar-refractivity contribution is 5.81. The van der Waals surface area contributed by atoms with Crippen LogP contribution in [0.1, 0.15) is 59.3 Å². The molecule has 0 aliphatic rings. The van der Waals surface area contributed by atoms with Gasteiger partial charge in [-0.3, -0.25) is 0 Å². The monoisotopic (exact) mass is 214 g/mol. The molecule has 0 saturated carbocycles. The van der Waals surface area contributed by atoms with Gasteiger partial charge in [0, 0.05) is 6.08 Å². The van der Waals surface area contributed by atoms with Crippen LogP contribution >= 0.6 is 0 Å². The van der Waals surface area contributed by atoms with E-state index >= 15 is 0 Å². The summed E-state index contributed by atoms with van der Waals surface area (Å²) < 4.78 is 4.67. The fourth-order valence-corrected chi connectivity index (χ4v) is 0.876. The Kier molecular flexibility index (Phi) is 17.4. The van der Waals surface area contributed by atoms with Crippen molar-refractivity contribution in [3.8, 4) is 0 Å². The van der Waals surface area contributed by atoms with E-state index in [0.29, 0.717) is 6.61 Å². The molecule has 0 bridgehead atoms. The van der Waals surface area contributed by atoms with Gasteiger partial charge in [0.05, 0.1) is 6.61 Å². The van der Waals surface area contributed by atoms with Crippen molar-refractivity contribution in [1.29, 1.82) is 0 Å². The van der Waals surface area contributed by atoms with Crippen molar-refractivity contribution in [3.63, 3.8) is 0 Å². The number of hydrogen-bond donors (Lipinski definition) is 0. The Morgan fingerprint density at radius 1 is 1.07 bits per heavy atom. The van der Waals surface area contributed by atoms with E-state index in [-0.39, 0.29) is 5.97 Å². The molecule has 0 fully saturated rings. The third-order valence-electron chi connectivity index (χ3n) is 1.87. The molecule has 0 rings (SSSR count). The molecule has 0 aromatic rings. The molecule has 0 aromatic carbocycles. The third-order valence-corrected chi connectivity index (χ3v) is 1.87. The molecule has 0 N–H and O–H groups in total. The maximum Gasteiger partial charge on any atom is 0.330 e. The molecule has 2 heteroatoms. The first kappa shape index (κ1) is 16.6. The second-order valence-electron chi connectivity index (χ2n) is 3.43. The van der Waals surface area contributed by atoms with Crippen molar-refractivity contribution in [2.45, 2.75) is 59.3 Å². The number of unbranched alkanes of at least 4 members (excludes halogenated alkanes) is 4. The van der Waals surface area contributed by atoms with E-state index in [0.717, 1.165) is 12.8 Å². The minimum absolute atomic E-state index is 0.330. The van der Waals surface area contributed by atoms with Gasteiger partial charge in [0.2, 0.25) is 0 Å². The molecule has 0 heterocycles. The number of hydrogen-bond acceptors (Lipinski definition) is 2. The zero-order chi connectivity index (χ0) is 11.9. The van der Waals surface area contributed by atoms with E-state index in [4.69, 9.17) is 0 Å². The maximum atomic E-state index is 10.3. The Hall–Kier alpha value is -0.790. The normalized spacial score (nSPS) is 8.73. The lowest BCUT2D eigenvalue weighted by Gasteiger charge is -1.97. The zero-order valence-corrected chi connectivity index (χ0v) is 10.6. The van der Waals surface area contributed by atoms with Crippen molar-refractivity contribution in [2.75, 3.05) is 6.61 Å². The van der Waals surface area contributed by atoms with Crippen LogP contribution in [-0.4, -0.2) is 12.6 Å². The molecule has 0 saturated heterocycles. The summed E-state index contributed by atoms with van der Waals surface area (Å²) in [6, 6.07) is 0. The average molecular weight is 214 g/mol. The highest BCUT2D eigenvalue weighted by Crippen LogP contribution is 1.95. The molecule has 0 radical (unpaired) electrons. The standard InChI is InChI=1S/C7H12O2.C6H14/c1-3-5-6-9-7(8)4-2;1-3-5-6-4-2/h4H,2-3,5-6H2,1H3;3-6H2,1-2H3. The Balaban J connectivity index is 0. The number of carbonyl (C=O) groups excluding carboxylic acids is 1. The Morgan fingerprint density at radius 3 is 1.87 bits per heavy atom. The molecular weight excluding hydrogens is 188 g/mol. The fourth-order valence-electron chi connectivity index (χ4n) is 0.876. The van der Waals surface area contributed by atoms with E-state index in [1.165, 1.54) is 31.8 Å². The minimum atomic E-state index is -0.330. The second kappa shape index (κ2) is 15.7. The van der Waals surface area contributed by atoms with Crippen molar-refractivity contribution in [3.05, 3.63) is 12.7 Å². The van der Waals surface area contributed by atoms with Crippen LogP contribution in [0.5, 0.6) is 0 Å². The molecule has 0 aliphatic heterocycles. The number of esters is 1. The van der Waals surface area contributed by atoms with E-state index in [1.807, 2.05) is 6.92 Å². The molecule has 2 nitrogen and oxygen atoms in total. The van der Waals surface area contributed by atoms with Gasteiger partial charge < -0.3 is 4.74 Å². The molecule has 0 unspecified atom stereocenters. The summed E-state index contributed by atoms with van der Waals surface area (Å²) in [5.74, 6) is -0.330. The van der Waals surface area contributed by atoms with Gasteiger partial charge in [-0.2, -0.15) is 0 Å². The van der Waals surface area contributed by atoms with Crippen LogP contribution in [0.25, 0.3) is 0 Å². The van der Waals surface area contributed by atoms with Crippen LogP contribution in [0, 0.1) is 0 Å². The first-order valence-corrected chi connectivity index (χ1v) is 6.02. The average Bonchev–Trinajstić information content (AvgIpc) is 2.27. The molecule has 0 aliphatic carbocycles. The molecule has 0 spiro atoms. The summed E-state index contributed by atoms with van der Waals surface area (Å²) >= 11 is 0. The van der Waals surface area contributed by atoms with Gasteiger partial charge >= 0.3 is 5.97 Å². The smallest absolute Gasteiger partial charge is 0.330 e. The predicted molar refractivity (Wildman–Crippen MR) is 65.9 cm³/mol. The Labute approximate surface area is 94.7 Å². The van der Waals surface area contributed by atoms with Crippen LogP contribution in [-0.2, 0) is 9.53 Å². The highest BCUT2D eigenvalue weighted by Gasteiger charge is 1.91. The van der Waals surface area contributed by atoms with Gasteiger partial charge in [-0.05, 0) is 6.42 Å². The summed E-state index contributed by atoms with van der Waals surface area (Å²) in [6.45, 7) is 10.3. The van der Waals surface area contributed by atoms with E-state index in [2.05, 4.69) is 25.2 Å². The number of carbonyl (C=O) groups is 1. The highest BCUT2D eigenvalue weighted by atomic mass is 16.5. The van der Waals surface area contributed by atoms with E-state index < -0.39 is 0 Å². The first-order chi connectivity index (χ1) is 7.22. The van der Waals surface area contributed by atoms with Gasteiger partial charge in [-0.1, -0.05) is 59.5 Å². The molecule has 0 amide bonds. The summed E-state index contributed by atoms with van der Waals surface area (Å²) in [5, 5.41) is 0. The van der Waals surface area contributed by atoms with E-state index in [1.54, 1.807) is 0 Å². The van der Waals surface area contributed by atoms with Gasteiger partial charge in [-0.15, -0.1) is 0 Å². The molecule has 90 valence electrons. The van der Waals surface area contributed by atoms with Crippen LogP contribution in [0.2, 0.25) is 0 Å². The fraction of sp³-hybridized carbons (Fsp3) is 0.769. The minimum Gasteiger partial charge on any atom is -0.463 e. The van der Waals surface area contributed by atoms with Crippen LogP contribution in [0.3, 0.4) is 0 Å². The largest absolute Gasteiger partial charge is 0.463 e. The lowest BCUT2D eigenvalue weighted by molar-refractivity contribution is -0.137. The second-order valence-corrected chi connectivity index (χ2v) is 3.43. The summed E-state index contributed by atoms with van der Waals surface area (Å²) in [4.78, 5) is 10.3. The molecule has 0 atom stereocenters. The number of rotatable bonds is 7. The lowest BCUT2D eigenvalue weighted by Crippen LogP contribution is -2.00. The van der Waals surface area contributed by atoms with Gasteiger partial charge in [0.1, 0.15) is 0 Å². The predicted octanol–water partition coefficient (Wildman–Crippen LogP) is 4.10. The summed E-state index contributed by atoms with van der Waals surface area (Å²) in [7, 11) is 0. The maximum absolute atomic E-state index is 10.3. The van der Waals surface area contributed by atoms with Crippen LogP contribution < -0.4 is 0 Å². The molecule has 0 aromatic heterocycles. The Bertz CT molecular complexity index is 137. The van der Waals surface area contributed by atoms with Gasteiger partial charge in [0.25, 0.3) is 0 Å². The molecular formula is C13H26O2. The van der Waals surface area contributed by atoms with Crippen molar-refractivity contribution in [2.24, 2.45) is 0 Å². The Morgan fingerprint density at radius 2 is 1.53 bits per heavy atom. The van der Waals surface area contributed by atoms with Gasteiger partial charge in [-0.25, -0.2) is 4.79 Å². The lowest BCUT2D eigenvalue weighted by atomic mass is 10.2. The van der Waals surface area contributed by atoms with E-state index in [9.17, 15) is 4.79 Å². The summed E-state index contributed by atoms with van der Waals surface area (Å²) in [5.41, 5.74) is 0. The number of ether oxygens (including phenoxy) is 1. The SMILES string of the molecule is C=CC(=O)OCCCC.CCCCCC.